The van der Waals surface area contributed by atoms with Crippen LogP contribution >= 0.6 is 24.2 Å². The van der Waals surface area contributed by atoms with Crippen molar-refractivity contribution in [1.29, 1.82) is 0 Å². The molecule has 0 saturated heterocycles. The van der Waals surface area contributed by atoms with Crippen molar-refractivity contribution < 1.29 is 0 Å². The molecule has 0 radical (unpaired) electrons. The SMILES string of the molecule is Cc1ccc(C)c(CSC2=N[C@@H](c3ccccc3)[C@@H](c3ccccc3)N2)c1.Cl. The van der Waals surface area contributed by atoms with Gasteiger partial charge in [0.2, 0.25) is 0 Å². The van der Waals surface area contributed by atoms with Crippen LogP contribution in [0, 0.1) is 13.8 Å². The maximum atomic E-state index is 5.05. The van der Waals surface area contributed by atoms with Gasteiger partial charge >= 0.3 is 0 Å². The molecule has 0 unspecified atom stereocenters. The summed E-state index contributed by atoms with van der Waals surface area (Å²) in [4.78, 5) is 5.05. The Hall–Kier alpha value is -2.23. The zero-order chi connectivity index (χ0) is 18.6. The minimum atomic E-state index is 0. The first-order chi connectivity index (χ1) is 13.2. The van der Waals surface area contributed by atoms with Gasteiger partial charge in [-0.25, -0.2) is 0 Å². The molecule has 144 valence electrons. The lowest BCUT2D eigenvalue weighted by molar-refractivity contribution is 0.573. The van der Waals surface area contributed by atoms with Crippen molar-refractivity contribution in [2.45, 2.75) is 31.7 Å². The molecule has 1 N–H and O–H groups in total. The van der Waals surface area contributed by atoms with Gasteiger partial charge in [0.15, 0.2) is 5.17 Å². The summed E-state index contributed by atoms with van der Waals surface area (Å²) in [6, 6.07) is 28.1. The van der Waals surface area contributed by atoms with Crippen molar-refractivity contribution in [3.8, 4) is 0 Å². The predicted molar refractivity (Wildman–Crippen MR) is 123 cm³/mol. The van der Waals surface area contributed by atoms with Crippen LogP contribution in [0.5, 0.6) is 0 Å². The Balaban J connectivity index is 0.00000225. The molecule has 0 saturated carbocycles. The number of halogens is 1. The van der Waals surface area contributed by atoms with E-state index in [1.807, 2.05) is 0 Å². The quantitative estimate of drug-likeness (QED) is 0.540. The molecule has 1 aliphatic rings. The second kappa shape index (κ2) is 9.31. The van der Waals surface area contributed by atoms with E-state index >= 15 is 0 Å². The van der Waals surface area contributed by atoms with Crippen LogP contribution in [-0.2, 0) is 5.75 Å². The average Bonchev–Trinajstić information content (AvgIpc) is 3.14. The third-order valence-corrected chi connectivity index (χ3v) is 5.97. The van der Waals surface area contributed by atoms with Gasteiger partial charge in [-0.1, -0.05) is 96.2 Å². The molecule has 2 atom stereocenters. The van der Waals surface area contributed by atoms with Crippen molar-refractivity contribution in [3.05, 3.63) is 107 Å². The Morgan fingerprint density at radius 1 is 0.857 bits per heavy atom. The Morgan fingerprint density at radius 2 is 1.50 bits per heavy atom. The summed E-state index contributed by atoms with van der Waals surface area (Å²) in [6.45, 7) is 4.33. The number of aliphatic imine (C=N–C) groups is 1. The predicted octanol–water partition coefficient (Wildman–Crippen LogP) is 6.40. The summed E-state index contributed by atoms with van der Waals surface area (Å²) in [5.41, 5.74) is 6.55. The van der Waals surface area contributed by atoms with E-state index in [0.29, 0.717) is 0 Å². The van der Waals surface area contributed by atoms with Gasteiger partial charge in [-0.15, -0.1) is 12.4 Å². The highest BCUT2D eigenvalue weighted by Crippen LogP contribution is 2.38. The van der Waals surface area contributed by atoms with E-state index < -0.39 is 0 Å². The molecule has 1 aliphatic heterocycles. The molecule has 3 aromatic rings. The summed E-state index contributed by atoms with van der Waals surface area (Å²) in [6.07, 6.45) is 0. The van der Waals surface area contributed by atoms with Crippen molar-refractivity contribution >= 4 is 29.3 Å². The van der Waals surface area contributed by atoms with E-state index in [9.17, 15) is 0 Å². The van der Waals surface area contributed by atoms with Gasteiger partial charge in [-0.3, -0.25) is 4.99 Å². The van der Waals surface area contributed by atoms with Gasteiger partial charge < -0.3 is 5.32 Å². The molecule has 0 bridgehead atoms. The minimum absolute atomic E-state index is 0. The Bertz CT molecular complexity index is 941. The van der Waals surface area contributed by atoms with Crippen LogP contribution in [-0.4, -0.2) is 5.17 Å². The Morgan fingerprint density at radius 3 is 2.18 bits per heavy atom. The fourth-order valence-electron chi connectivity index (χ4n) is 3.47. The second-order valence-electron chi connectivity index (χ2n) is 7.04. The smallest absolute Gasteiger partial charge is 0.158 e. The molecule has 0 aliphatic carbocycles. The summed E-state index contributed by atoms with van der Waals surface area (Å²) < 4.78 is 0. The first kappa shape index (κ1) is 20.5. The van der Waals surface area contributed by atoms with Gasteiger partial charge in [0, 0.05) is 5.75 Å². The highest BCUT2D eigenvalue weighted by atomic mass is 35.5. The van der Waals surface area contributed by atoms with Gasteiger partial charge in [-0.05, 0) is 36.1 Å². The van der Waals surface area contributed by atoms with Crippen LogP contribution in [0.2, 0.25) is 0 Å². The second-order valence-corrected chi connectivity index (χ2v) is 8.01. The number of benzene rings is 3. The molecule has 0 aromatic heterocycles. The highest BCUT2D eigenvalue weighted by Gasteiger charge is 2.31. The number of nitrogens with one attached hydrogen (secondary N) is 1. The summed E-state index contributed by atoms with van der Waals surface area (Å²) in [7, 11) is 0. The van der Waals surface area contributed by atoms with E-state index in [1.165, 1.54) is 27.8 Å². The number of hydrogen-bond donors (Lipinski definition) is 1. The molecule has 0 fully saturated rings. The van der Waals surface area contributed by atoms with Crippen LogP contribution in [0.3, 0.4) is 0 Å². The molecule has 2 nitrogen and oxygen atoms in total. The fraction of sp³-hybridized carbons (Fsp3) is 0.208. The maximum absolute atomic E-state index is 5.05. The molecule has 3 aromatic carbocycles. The summed E-state index contributed by atoms with van der Waals surface area (Å²) in [5, 5.41) is 4.70. The largest absolute Gasteiger partial charge is 0.356 e. The number of hydrogen-bond acceptors (Lipinski definition) is 3. The molecule has 4 heteroatoms. The van der Waals surface area contributed by atoms with E-state index in [4.69, 9.17) is 4.99 Å². The average molecular weight is 409 g/mol. The van der Waals surface area contributed by atoms with Gasteiger partial charge in [0.25, 0.3) is 0 Å². The lowest BCUT2D eigenvalue weighted by atomic mass is 9.95. The molecule has 1 heterocycles. The van der Waals surface area contributed by atoms with E-state index in [-0.39, 0.29) is 24.5 Å². The standard InChI is InChI=1S/C24H24N2S.ClH/c1-17-13-14-18(2)21(15-17)16-27-24-25-22(19-9-5-3-6-10-19)23(26-24)20-11-7-4-8-12-20;/h3-15,22-23H,16H2,1-2H3,(H,25,26);1H/t22-,23+;. The molecular weight excluding hydrogens is 384 g/mol. The van der Waals surface area contributed by atoms with Crippen LogP contribution in [0.25, 0.3) is 0 Å². The number of rotatable bonds is 4. The fourth-order valence-corrected chi connectivity index (χ4v) is 4.48. The number of nitrogens with zero attached hydrogens (tertiary/aromatic N) is 1. The maximum Gasteiger partial charge on any atom is 0.158 e. The first-order valence-corrected chi connectivity index (χ1v) is 10.3. The number of amidine groups is 1. The molecule has 0 amide bonds. The molecule has 4 rings (SSSR count). The van der Waals surface area contributed by atoms with E-state index in [0.717, 1.165) is 10.9 Å². The molecular formula is C24H25ClN2S. The van der Waals surface area contributed by atoms with Gasteiger partial charge in [0.05, 0.1) is 6.04 Å². The zero-order valence-corrected chi connectivity index (χ0v) is 17.8. The van der Waals surface area contributed by atoms with Crippen LogP contribution < -0.4 is 5.32 Å². The summed E-state index contributed by atoms with van der Waals surface area (Å²) in [5.74, 6) is 0.933. The topological polar surface area (TPSA) is 24.4 Å². The van der Waals surface area contributed by atoms with Crippen LogP contribution in [0.15, 0.2) is 83.9 Å². The first-order valence-electron chi connectivity index (χ1n) is 9.34. The Labute approximate surface area is 177 Å². The molecule has 28 heavy (non-hydrogen) atoms. The van der Waals surface area contributed by atoms with Crippen molar-refractivity contribution in [2.75, 3.05) is 0 Å². The minimum Gasteiger partial charge on any atom is -0.356 e. The highest BCUT2D eigenvalue weighted by molar-refractivity contribution is 8.13. The van der Waals surface area contributed by atoms with Crippen molar-refractivity contribution in [3.63, 3.8) is 0 Å². The zero-order valence-electron chi connectivity index (χ0n) is 16.1. The lowest BCUT2D eigenvalue weighted by Gasteiger charge is -2.19. The monoisotopic (exact) mass is 408 g/mol. The van der Waals surface area contributed by atoms with Gasteiger partial charge in [0.1, 0.15) is 6.04 Å². The number of aryl methyl sites for hydroxylation is 2. The van der Waals surface area contributed by atoms with Crippen LogP contribution in [0.4, 0.5) is 0 Å². The van der Waals surface area contributed by atoms with Gasteiger partial charge in [-0.2, -0.15) is 0 Å². The van der Waals surface area contributed by atoms with E-state index in [2.05, 4.69) is 98.0 Å². The summed E-state index contributed by atoms with van der Waals surface area (Å²) >= 11 is 1.80. The molecule has 0 spiro atoms. The third kappa shape index (κ3) is 4.60. The Kier molecular flexibility index (Phi) is 6.82. The number of thioether (sulfide) groups is 1. The van der Waals surface area contributed by atoms with Crippen molar-refractivity contribution in [2.24, 2.45) is 4.99 Å². The normalized spacial score (nSPS) is 18.1. The third-order valence-electron chi connectivity index (χ3n) is 5.02. The van der Waals surface area contributed by atoms with Crippen LogP contribution in [0.1, 0.15) is 39.9 Å². The lowest BCUT2D eigenvalue weighted by Crippen LogP contribution is -2.22. The van der Waals surface area contributed by atoms with E-state index in [1.54, 1.807) is 11.8 Å². The van der Waals surface area contributed by atoms with Crippen molar-refractivity contribution in [1.82, 2.24) is 5.32 Å².